The Hall–Kier alpha value is -3.88. The number of carbonyl (C=O) groups excluding carboxylic acids is 1. The van der Waals surface area contributed by atoms with Gasteiger partial charge in [0, 0.05) is 6.54 Å². The maximum atomic E-state index is 13.0. The van der Waals surface area contributed by atoms with Crippen molar-refractivity contribution in [1.82, 2.24) is 25.5 Å². The van der Waals surface area contributed by atoms with Crippen LogP contribution in [0.4, 0.5) is 8.78 Å². The van der Waals surface area contributed by atoms with E-state index in [-0.39, 0.29) is 36.4 Å². The van der Waals surface area contributed by atoms with Crippen molar-refractivity contribution >= 4 is 16.9 Å². The van der Waals surface area contributed by atoms with E-state index in [1.165, 1.54) is 30.6 Å². The molecule has 0 radical (unpaired) electrons. The summed E-state index contributed by atoms with van der Waals surface area (Å²) < 4.78 is 31.6. The summed E-state index contributed by atoms with van der Waals surface area (Å²) in [6.07, 6.45) is 1.25. The molecular formula is C20H15F2N5O2. The molecule has 0 aliphatic rings. The summed E-state index contributed by atoms with van der Waals surface area (Å²) in [7, 11) is 0. The molecule has 7 nitrogen and oxygen atoms in total. The standard InChI is InChI=1S/C20H15F2N5O2/c21-14-5-1-12(2-6-14)9-23-19(28)17-16-18(25-11-24-17)20(27-26-16)29-10-13-3-7-15(22)8-4-13/h1-8,11H,9-10H2,(H,23,28)(H,26,27). The second-order valence-corrected chi connectivity index (χ2v) is 6.20. The van der Waals surface area contributed by atoms with E-state index >= 15 is 0 Å². The lowest BCUT2D eigenvalue weighted by atomic mass is 10.2. The Labute approximate surface area is 163 Å². The average Bonchev–Trinajstić information content (AvgIpc) is 3.16. The molecule has 2 heterocycles. The third-order valence-electron chi connectivity index (χ3n) is 4.19. The number of halogens is 2. The molecule has 1 amide bonds. The number of ether oxygens (including phenoxy) is 1. The van der Waals surface area contributed by atoms with Crippen LogP contribution in [0, 0.1) is 11.6 Å². The molecule has 0 aliphatic heterocycles. The van der Waals surface area contributed by atoms with Gasteiger partial charge in [-0.2, -0.15) is 0 Å². The topological polar surface area (TPSA) is 92.8 Å². The quantitative estimate of drug-likeness (QED) is 0.523. The molecule has 0 aliphatic carbocycles. The number of carbonyl (C=O) groups is 1. The van der Waals surface area contributed by atoms with E-state index in [4.69, 9.17) is 4.74 Å². The highest BCUT2D eigenvalue weighted by Crippen LogP contribution is 2.22. The monoisotopic (exact) mass is 395 g/mol. The smallest absolute Gasteiger partial charge is 0.272 e. The fraction of sp³-hybridized carbons (Fsp3) is 0.100. The molecular weight excluding hydrogens is 380 g/mol. The number of amides is 1. The van der Waals surface area contributed by atoms with Crippen LogP contribution in [0.15, 0.2) is 54.9 Å². The SMILES string of the molecule is O=C(NCc1ccc(F)cc1)c1ncnc2c(OCc3ccc(F)cc3)n[nH]c12. The van der Waals surface area contributed by atoms with Gasteiger partial charge in [0.05, 0.1) is 0 Å². The fourth-order valence-corrected chi connectivity index (χ4v) is 2.69. The zero-order valence-corrected chi connectivity index (χ0v) is 15.0. The van der Waals surface area contributed by atoms with Crippen molar-refractivity contribution in [1.29, 1.82) is 0 Å². The van der Waals surface area contributed by atoms with Crippen LogP contribution in [0.2, 0.25) is 0 Å². The first-order valence-electron chi connectivity index (χ1n) is 8.69. The molecule has 0 fully saturated rings. The number of rotatable bonds is 6. The lowest BCUT2D eigenvalue weighted by molar-refractivity contribution is 0.0947. The number of hydrogen-bond donors (Lipinski definition) is 2. The highest BCUT2D eigenvalue weighted by molar-refractivity contribution is 6.03. The molecule has 4 aromatic rings. The maximum absolute atomic E-state index is 13.0. The second kappa shape index (κ2) is 8.01. The molecule has 0 atom stereocenters. The van der Waals surface area contributed by atoms with Crippen molar-refractivity contribution in [2.75, 3.05) is 0 Å². The molecule has 29 heavy (non-hydrogen) atoms. The molecule has 0 bridgehead atoms. The number of aromatic amines is 1. The van der Waals surface area contributed by atoms with Crippen molar-refractivity contribution in [3.63, 3.8) is 0 Å². The molecule has 4 rings (SSSR count). The van der Waals surface area contributed by atoms with Gasteiger partial charge in [0.2, 0.25) is 0 Å². The zero-order chi connectivity index (χ0) is 20.2. The molecule has 0 saturated carbocycles. The summed E-state index contributed by atoms with van der Waals surface area (Å²) >= 11 is 0. The van der Waals surface area contributed by atoms with Crippen molar-refractivity contribution in [2.45, 2.75) is 13.2 Å². The minimum Gasteiger partial charge on any atom is -0.470 e. The summed E-state index contributed by atoms with van der Waals surface area (Å²) in [6, 6.07) is 11.7. The summed E-state index contributed by atoms with van der Waals surface area (Å²) in [5.74, 6) is -0.902. The Bertz CT molecular complexity index is 1140. The van der Waals surface area contributed by atoms with E-state index < -0.39 is 5.91 Å². The molecule has 2 N–H and O–H groups in total. The van der Waals surface area contributed by atoms with Crippen LogP contribution in [0.1, 0.15) is 21.6 Å². The predicted octanol–water partition coefficient (Wildman–Crippen LogP) is 3.14. The van der Waals surface area contributed by atoms with Crippen molar-refractivity contribution in [2.24, 2.45) is 0 Å². The molecule has 146 valence electrons. The fourth-order valence-electron chi connectivity index (χ4n) is 2.69. The lowest BCUT2D eigenvalue weighted by Crippen LogP contribution is -2.24. The summed E-state index contributed by atoms with van der Waals surface area (Å²) in [5, 5.41) is 9.50. The van der Waals surface area contributed by atoms with Gasteiger partial charge in [0.15, 0.2) is 11.2 Å². The van der Waals surface area contributed by atoms with E-state index in [0.717, 1.165) is 11.1 Å². The van der Waals surface area contributed by atoms with E-state index in [0.29, 0.717) is 11.0 Å². The van der Waals surface area contributed by atoms with Gasteiger partial charge in [-0.3, -0.25) is 9.89 Å². The minimum absolute atomic E-state index is 0.112. The van der Waals surface area contributed by atoms with Gasteiger partial charge < -0.3 is 10.1 Å². The Kier molecular flexibility index (Phi) is 5.10. The summed E-state index contributed by atoms with van der Waals surface area (Å²) in [6.45, 7) is 0.378. The first-order valence-corrected chi connectivity index (χ1v) is 8.69. The third kappa shape index (κ3) is 4.18. The molecule has 9 heteroatoms. The van der Waals surface area contributed by atoms with Crippen LogP contribution < -0.4 is 10.1 Å². The number of hydrogen-bond acceptors (Lipinski definition) is 5. The highest BCUT2D eigenvalue weighted by atomic mass is 19.1. The average molecular weight is 395 g/mol. The Morgan fingerprint density at radius 3 is 2.31 bits per heavy atom. The normalized spacial score (nSPS) is 10.8. The van der Waals surface area contributed by atoms with Gasteiger partial charge in [-0.1, -0.05) is 24.3 Å². The van der Waals surface area contributed by atoms with Crippen LogP contribution >= 0.6 is 0 Å². The first-order chi connectivity index (χ1) is 14.1. The van der Waals surface area contributed by atoms with E-state index in [1.54, 1.807) is 24.3 Å². The number of nitrogens with zero attached hydrogens (tertiary/aromatic N) is 3. The van der Waals surface area contributed by atoms with Crippen molar-refractivity contribution in [3.05, 3.63) is 83.3 Å². The van der Waals surface area contributed by atoms with E-state index in [1.807, 2.05) is 0 Å². The Morgan fingerprint density at radius 2 is 1.62 bits per heavy atom. The highest BCUT2D eigenvalue weighted by Gasteiger charge is 2.18. The number of benzene rings is 2. The molecule has 0 unspecified atom stereocenters. The van der Waals surface area contributed by atoms with E-state index in [2.05, 4.69) is 25.5 Å². The van der Waals surface area contributed by atoms with Gasteiger partial charge >= 0.3 is 0 Å². The van der Waals surface area contributed by atoms with Crippen LogP contribution in [0.5, 0.6) is 5.88 Å². The number of nitrogens with one attached hydrogen (secondary N) is 2. The van der Waals surface area contributed by atoms with Crippen LogP contribution in [-0.2, 0) is 13.2 Å². The lowest BCUT2D eigenvalue weighted by Gasteiger charge is -2.06. The van der Waals surface area contributed by atoms with E-state index in [9.17, 15) is 13.6 Å². The van der Waals surface area contributed by atoms with Crippen molar-refractivity contribution in [3.8, 4) is 5.88 Å². The number of fused-ring (bicyclic) bond motifs is 1. The maximum Gasteiger partial charge on any atom is 0.272 e. The second-order valence-electron chi connectivity index (χ2n) is 6.20. The molecule has 2 aromatic carbocycles. The van der Waals surface area contributed by atoms with Gasteiger partial charge in [-0.05, 0) is 35.4 Å². The van der Waals surface area contributed by atoms with Crippen LogP contribution in [0.25, 0.3) is 11.0 Å². The summed E-state index contributed by atoms with van der Waals surface area (Å²) in [4.78, 5) is 20.7. The number of H-pyrrole nitrogens is 1. The van der Waals surface area contributed by atoms with Gasteiger partial charge in [-0.25, -0.2) is 18.7 Å². The molecule has 0 spiro atoms. The van der Waals surface area contributed by atoms with Crippen molar-refractivity contribution < 1.29 is 18.3 Å². The largest absolute Gasteiger partial charge is 0.470 e. The Balaban J connectivity index is 1.48. The third-order valence-corrected chi connectivity index (χ3v) is 4.19. The van der Waals surface area contributed by atoms with Gasteiger partial charge in [0.25, 0.3) is 11.8 Å². The predicted molar refractivity (Wildman–Crippen MR) is 100.0 cm³/mol. The number of aromatic nitrogens is 4. The molecule has 2 aromatic heterocycles. The van der Waals surface area contributed by atoms with Crippen LogP contribution in [-0.4, -0.2) is 26.1 Å². The zero-order valence-electron chi connectivity index (χ0n) is 15.0. The van der Waals surface area contributed by atoms with Gasteiger partial charge in [0.1, 0.15) is 30.1 Å². The Morgan fingerprint density at radius 1 is 0.966 bits per heavy atom. The first kappa shape index (κ1) is 18.5. The van der Waals surface area contributed by atoms with Crippen LogP contribution in [0.3, 0.4) is 0 Å². The van der Waals surface area contributed by atoms with Gasteiger partial charge in [-0.15, -0.1) is 5.10 Å². The molecule has 0 saturated heterocycles. The summed E-state index contributed by atoms with van der Waals surface area (Å²) in [5.41, 5.74) is 2.31. The minimum atomic E-state index is -0.435.